The van der Waals surface area contributed by atoms with Crippen LogP contribution in [-0.2, 0) is 4.74 Å². The third-order valence-electron chi connectivity index (χ3n) is 4.18. The van der Waals surface area contributed by atoms with Crippen molar-refractivity contribution < 1.29 is 4.74 Å². The maximum absolute atomic E-state index is 6.13. The highest BCUT2D eigenvalue weighted by atomic mass is 16.5. The van der Waals surface area contributed by atoms with Gasteiger partial charge in [0.25, 0.3) is 0 Å². The fourth-order valence-electron chi connectivity index (χ4n) is 3.20. The van der Waals surface area contributed by atoms with E-state index in [1.165, 1.54) is 44.9 Å². The maximum Gasteiger partial charge on any atom is 0.0697 e. The van der Waals surface area contributed by atoms with Crippen LogP contribution in [0.5, 0.6) is 0 Å². The molecule has 0 radical (unpaired) electrons. The molecule has 1 heterocycles. The molecule has 2 rings (SSSR count). The van der Waals surface area contributed by atoms with Gasteiger partial charge in [0.2, 0.25) is 0 Å². The lowest BCUT2D eigenvalue weighted by Crippen LogP contribution is -2.49. The molecule has 2 nitrogen and oxygen atoms in total. The number of hydrogen-bond donors (Lipinski definition) is 1. The minimum absolute atomic E-state index is 0.242. The molecule has 2 fully saturated rings. The van der Waals surface area contributed by atoms with Crippen LogP contribution in [0.15, 0.2) is 0 Å². The zero-order valence-corrected chi connectivity index (χ0v) is 11.8. The summed E-state index contributed by atoms with van der Waals surface area (Å²) < 4.78 is 6.13. The zero-order chi connectivity index (χ0) is 12.4. The van der Waals surface area contributed by atoms with Gasteiger partial charge in [-0.1, -0.05) is 40.0 Å². The van der Waals surface area contributed by atoms with Crippen molar-refractivity contribution in [2.75, 3.05) is 13.2 Å². The Morgan fingerprint density at radius 3 is 2.53 bits per heavy atom. The molecule has 100 valence electrons. The van der Waals surface area contributed by atoms with E-state index in [0.717, 1.165) is 13.2 Å². The molecule has 0 aromatic rings. The van der Waals surface area contributed by atoms with Gasteiger partial charge in [-0.25, -0.2) is 0 Å². The van der Waals surface area contributed by atoms with Crippen LogP contribution >= 0.6 is 0 Å². The van der Waals surface area contributed by atoms with E-state index in [9.17, 15) is 0 Å². The highest BCUT2D eigenvalue weighted by Gasteiger charge is 2.38. The third-order valence-corrected chi connectivity index (χ3v) is 4.18. The quantitative estimate of drug-likeness (QED) is 0.796. The summed E-state index contributed by atoms with van der Waals surface area (Å²) in [6.45, 7) is 8.98. The van der Waals surface area contributed by atoms with E-state index in [2.05, 4.69) is 26.1 Å². The van der Waals surface area contributed by atoms with Crippen LogP contribution in [0.2, 0.25) is 0 Å². The lowest BCUT2D eigenvalue weighted by molar-refractivity contribution is -0.109. The Hall–Kier alpha value is -0.0800. The molecule has 0 aromatic heterocycles. The molecule has 1 unspecified atom stereocenters. The molecule has 1 spiro atoms. The van der Waals surface area contributed by atoms with E-state index in [1.807, 2.05) is 0 Å². The van der Waals surface area contributed by atoms with Crippen molar-refractivity contribution in [3.05, 3.63) is 0 Å². The van der Waals surface area contributed by atoms with Crippen LogP contribution in [0.25, 0.3) is 0 Å². The topological polar surface area (TPSA) is 21.3 Å². The molecule has 1 N–H and O–H groups in total. The van der Waals surface area contributed by atoms with E-state index < -0.39 is 0 Å². The normalized spacial score (nSPS) is 29.5. The van der Waals surface area contributed by atoms with Gasteiger partial charge in [0.15, 0.2) is 0 Å². The number of ether oxygens (including phenoxy) is 1. The molecule has 1 aliphatic heterocycles. The van der Waals surface area contributed by atoms with Gasteiger partial charge in [-0.3, -0.25) is 0 Å². The number of nitrogens with one attached hydrogen (secondary N) is 1. The second kappa shape index (κ2) is 5.27. The Morgan fingerprint density at radius 1 is 1.18 bits per heavy atom. The molecule has 1 saturated heterocycles. The van der Waals surface area contributed by atoms with Crippen LogP contribution in [0, 0.1) is 5.41 Å². The zero-order valence-electron chi connectivity index (χ0n) is 11.8. The molecule has 2 aliphatic rings. The van der Waals surface area contributed by atoms with Gasteiger partial charge in [-0.2, -0.15) is 0 Å². The molecule has 1 aliphatic carbocycles. The Balaban J connectivity index is 1.84. The summed E-state index contributed by atoms with van der Waals surface area (Å²) in [5, 5.41) is 3.75. The van der Waals surface area contributed by atoms with Gasteiger partial charge in [0.05, 0.1) is 5.60 Å². The van der Waals surface area contributed by atoms with Crippen molar-refractivity contribution in [2.45, 2.75) is 77.4 Å². The van der Waals surface area contributed by atoms with Crippen molar-refractivity contribution in [1.29, 1.82) is 0 Å². The first-order valence-electron chi connectivity index (χ1n) is 7.37. The minimum atomic E-state index is 0.242. The smallest absolute Gasteiger partial charge is 0.0697 e. The lowest BCUT2D eigenvalue weighted by atomic mass is 9.78. The van der Waals surface area contributed by atoms with E-state index in [0.29, 0.717) is 11.5 Å². The second-order valence-electron chi connectivity index (χ2n) is 7.22. The van der Waals surface area contributed by atoms with Gasteiger partial charge in [0.1, 0.15) is 0 Å². The van der Waals surface area contributed by atoms with Crippen LogP contribution in [0.4, 0.5) is 0 Å². The van der Waals surface area contributed by atoms with Crippen molar-refractivity contribution in [3.8, 4) is 0 Å². The largest absolute Gasteiger partial charge is 0.375 e. The highest BCUT2D eigenvalue weighted by Crippen LogP contribution is 2.38. The van der Waals surface area contributed by atoms with Crippen LogP contribution in [-0.4, -0.2) is 24.8 Å². The summed E-state index contributed by atoms with van der Waals surface area (Å²) in [7, 11) is 0. The maximum atomic E-state index is 6.13. The monoisotopic (exact) mass is 239 g/mol. The predicted octanol–water partition coefficient (Wildman–Crippen LogP) is 3.50. The number of rotatable bonds is 2. The Morgan fingerprint density at radius 2 is 1.88 bits per heavy atom. The molecular weight excluding hydrogens is 210 g/mol. The molecular formula is C15H29NO. The summed E-state index contributed by atoms with van der Waals surface area (Å²) in [6, 6.07) is 0.682. The fourth-order valence-corrected chi connectivity index (χ4v) is 3.20. The van der Waals surface area contributed by atoms with E-state index in [1.54, 1.807) is 0 Å². The Labute approximate surface area is 107 Å². The Bertz CT molecular complexity index is 232. The highest BCUT2D eigenvalue weighted by molar-refractivity contribution is 4.92. The van der Waals surface area contributed by atoms with Crippen LogP contribution in [0.3, 0.4) is 0 Å². The average Bonchev–Trinajstić information content (AvgIpc) is 2.27. The minimum Gasteiger partial charge on any atom is -0.375 e. The van der Waals surface area contributed by atoms with Gasteiger partial charge in [0, 0.05) is 19.2 Å². The molecule has 17 heavy (non-hydrogen) atoms. The van der Waals surface area contributed by atoms with Crippen molar-refractivity contribution in [3.63, 3.8) is 0 Å². The van der Waals surface area contributed by atoms with Gasteiger partial charge < -0.3 is 10.1 Å². The first-order chi connectivity index (χ1) is 7.99. The average molecular weight is 239 g/mol. The van der Waals surface area contributed by atoms with Crippen molar-refractivity contribution in [2.24, 2.45) is 5.41 Å². The molecule has 2 heteroatoms. The van der Waals surface area contributed by atoms with Gasteiger partial charge in [-0.15, -0.1) is 0 Å². The van der Waals surface area contributed by atoms with Crippen molar-refractivity contribution in [1.82, 2.24) is 5.32 Å². The third kappa shape index (κ3) is 3.96. The molecule has 1 saturated carbocycles. The first kappa shape index (κ1) is 13.4. The summed E-state index contributed by atoms with van der Waals surface area (Å²) in [6.07, 6.45) is 9.16. The van der Waals surface area contributed by atoms with E-state index >= 15 is 0 Å². The van der Waals surface area contributed by atoms with Gasteiger partial charge in [-0.05, 0) is 31.1 Å². The first-order valence-corrected chi connectivity index (χ1v) is 7.37. The molecule has 0 amide bonds. The summed E-state index contributed by atoms with van der Waals surface area (Å²) in [5.41, 5.74) is 0.629. The summed E-state index contributed by atoms with van der Waals surface area (Å²) >= 11 is 0. The van der Waals surface area contributed by atoms with Crippen molar-refractivity contribution >= 4 is 0 Å². The molecule has 0 bridgehead atoms. The fraction of sp³-hybridized carbons (Fsp3) is 1.00. The van der Waals surface area contributed by atoms with E-state index in [-0.39, 0.29) is 5.60 Å². The van der Waals surface area contributed by atoms with Gasteiger partial charge >= 0.3 is 0 Å². The molecule has 1 atom stereocenters. The Kier molecular flexibility index (Phi) is 4.14. The summed E-state index contributed by atoms with van der Waals surface area (Å²) in [5.74, 6) is 0. The lowest BCUT2D eigenvalue weighted by Gasteiger charge is -2.44. The predicted molar refractivity (Wildman–Crippen MR) is 72.2 cm³/mol. The van der Waals surface area contributed by atoms with E-state index in [4.69, 9.17) is 4.74 Å². The number of hydrogen-bond acceptors (Lipinski definition) is 2. The van der Waals surface area contributed by atoms with Crippen LogP contribution in [0.1, 0.15) is 65.7 Å². The summed E-state index contributed by atoms with van der Waals surface area (Å²) in [4.78, 5) is 0. The molecule has 0 aromatic carbocycles. The van der Waals surface area contributed by atoms with Crippen LogP contribution < -0.4 is 5.32 Å². The SMILES string of the molecule is CC(C)(C)CNC1CCOC2(CCCCC2)C1. The standard InChI is InChI=1S/C15H29NO/c1-14(2,3)12-16-13-7-10-17-15(11-13)8-5-4-6-9-15/h13,16H,4-12H2,1-3H3. The second-order valence-corrected chi connectivity index (χ2v) is 7.22.